The van der Waals surface area contributed by atoms with Gasteiger partial charge in [0.2, 0.25) is 0 Å². The van der Waals surface area contributed by atoms with Crippen LogP contribution in [0.2, 0.25) is 0 Å². The summed E-state index contributed by atoms with van der Waals surface area (Å²) >= 11 is 0. The number of para-hydroxylation sites is 1. The number of carbonyl (C=O) groups is 1. The van der Waals surface area contributed by atoms with E-state index in [1.165, 1.54) is 6.07 Å². The molecule has 0 amide bonds. The summed E-state index contributed by atoms with van der Waals surface area (Å²) in [6.45, 7) is 4.16. The third-order valence-corrected chi connectivity index (χ3v) is 3.13. The molecule has 20 heavy (non-hydrogen) atoms. The van der Waals surface area contributed by atoms with E-state index >= 15 is 0 Å². The quantitative estimate of drug-likeness (QED) is 0.915. The summed E-state index contributed by atoms with van der Waals surface area (Å²) < 4.78 is 13.9. The fourth-order valence-corrected chi connectivity index (χ4v) is 2.20. The highest BCUT2D eigenvalue weighted by atomic mass is 19.1. The van der Waals surface area contributed by atoms with Gasteiger partial charge in [-0.15, -0.1) is 0 Å². The van der Waals surface area contributed by atoms with Crippen molar-refractivity contribution in [3.63, 3.8) is 0 Å². The van der Waals surface area contributed by atoms with Gasteiger partial charge in [-0.05, 0) is 38.1 Å². The second-order valence-electron chi connectivity index (χ2n) is 4.52. The minimum absolute atomic E-state index is 0.176. The van der Waals surface area contributed by atoms with Crippen LogP contribution in [0.15, 0.2) is 42.5 Å². The van der Waals surface area contributed by atoms with E-state index in [0.717, 1.165) is 5.56 Å². The maximum Gasteiger partial charge on any atom is 0.337 e. The molecule has 0 aliphatic heterocycles. The topological polar surface area (TPSA) is 40.5 Å². The largest absolute Gasteiger partial charge is 0.478 e. The maximum atomic E-state index is 13.9. The van der Waals surface area contributed by atoms with Crippen molar-refractivity contribution < 1.29 is 14.3 Å². The van der Waals surface area contributed by atoms with Gasteiger partial charge in [-0.2, -0.15) is 0 Å². The Morgan fingerprint density at radius 3 is 2.50 bits per heavy atom. The van der Waals surface area contributed by atoms with Crippen LogP contribution in [0.5, 0.6) is 0 Å². The fourth-order valence-electron chi connectivity index (χ4n) is 2.20. The van der Waals surface area contributed by atoms with Gasteiger partial charge in [0.1, 0.15) is 5.82 Å². The average Bonchev–Trinajstić information content (AvgIpc) is 2.42. The van der Waals surface area contributed by atoms with Crippen molar-refractivity contribution in [3.05, 3.63) is 59.4 Å². The van der Waals surface area contributed by atoms with Crippen LogP contribution >= 0.6 is 0 Å². The lowest BCUT2D eigenvalue weighted by Crippen LogP contribution is -2.20. The number of aromatic carboxylic acids is 1. The molecule has 0 aromatic heterocycles. The molecule has 0 fully saturated rings. The molecule has 3 nitrogen and oxygen atoms in total. The number of rotatable bonds is 4. The van der Waals surface area contributed by atoms with Crippen molar-refractivity contribution in [1.82, 2.24) is 0 Å². The lowest BCUT2D eigenvalue weighted by Gasteiger charge is -2.25. The summed E-state index contributed by atoms with van der Waals surface area (Å²) in [6.07, 6.45) is 0. The van der Waals surface area contributed by atoms with Gasteiger partial charge in [0.15, 0.2) is 0 Å². The van der Waals surface area contributed by atoms with Crippen LogP contribution in [0.3, 0.4) is 0 Å². The van der Waals surface area contributed by atoms with Gasteiger partial charge in [-0.25, -0.2) is 9.18 Å². The Balaban J connectivity index is 2.58. The molecule has 2 aromatic carbocycles. The van der Waals surface area contributed by atoms with Gasteiger partial charge in [-0.1, -0.05) is 23.8 Å². The smallest absolute Gasteiger partial charge is 0.337 e. The van der Waals surface area contributed by atoms with E-state index in [1.54, 1.807) is 35.2 Å². The highest BCUT2D eigenvalue weighted by molar-refractivity contribution is 5.96. The van der Waals surface area contributed by atoms with E-state index in [4.69, 9.17) is 0 Å². The number of carboxylic acid groups (broad SMARTS) is 1. The van der Waals surface area contributed by atoms with Gasteiger partial charge in [0.25, 0.3) is 0 Å². The molecule has 0 unspecified atom stereocenters. The standard InChI is InChI=1S/C16H16FNO2/c1-3-18(15-7-5-4-6-13(15)17)14-9-8-11(2)10-12(14)16(19)20/h4-10H,3H2,1-2H3,(H,19,20). The molecule has 0 radical (unpaired) electrons. The lowest BCUT2D eigenvalue weighted by molar-refractivity contribution is 0.0697. The Labute approximate surface area is 117 Å². The van der Waals surface area contributed by atoms with Gasteiger partial charge < -0.3 is 10.0 Å². The number of halogens is 1. The number of anilines is 2. The number of hydrogen-bond acceptors (Lipinski definition) is 2. The van der Waals surface area contributed by atoms with E-state index in [-0.39, 0.29) is 11.4 Å². The first kappa shape index (κ1) is 14.1. The fraction of sp³-hybridized carbons (Fsp3) is 0.188. The van der Waals surface area contributed by atoms with Crippen LogP contribution < -0.4 is 4.90 Å². The highest BCUT2D eigenvalue weighted by Gasteiger charge is 2.18. The van der Waals surface area contributed by atoms with E-state index in [1.807, 2.05) is 19.9 Å². The molecule has 0 bridgehead atoms. The summed E-state index contributed by atoms with van der Waals surface area (Å²) in [5.41, 5.74) is 1.91. The third kappa shape index (κ3) is 2.64. The number of aryl methyl sites for hydroxylation is 1. The molecular formula is C16H16FNO2. The minimum atomic E-state index is -1.02. The van der Waals surface area contributed by atoms with Crippen LogP contribution in [0.25, 0.3) is 0 Å². The minimum Gasteiger partial charge on any atom is -0.478 e. The van der Waals surface area contributed by atoms with E-state index in [0.29, 0.717) is 17.9 Å². The highest BCUT2D eigenvalue weighted by Crippen LogP contribution is 2.30. The second kappa shape index (κ2) is 5.74. The molecule has 0 saturated carbocycles. The third-order valence-electron chi connectivity index (χ3n) is 3.13. The summed E-state index contributed by atoms with van der Waals surface area (Å²) in [4.78, 5) is 13.1. The molecule has 2 rings (SSSR count). The van der Waals surface area contributed by atoms with Crippen LogP contribution in [-0.2, 0) is 0 Å². The molecule has 0 aliphatic rings. The monoisotopic (exact) mass is 273 g/mol. The number of benzene rings is 2. The van der Waals surface area contributed by atoms with Crippen molar-refractivity contribution in [2.75, 3.05) is 11.4 Å². The molecule has 0 saturated heterocycles. The maximum absolute atomic E-state index is 13.9. The number of nitrogens with zero attached hydrogens (tertiary/aromatic N) is 1. The van der Waals surface area contributed by atoms with Crippen LogP contribution in [0, 0.1) is 12.7 Å². The van der Waals surface area contributed by atoms with E-state index < -0.39 is 5.97 Å². The van der Waals surface area contributed by atoms with Gasteiger partial charge >= 0.3 is 5.97 Å². The van der Waals surface area contributed by atoms with Crippen LogP contribution in [0.1, 0.15) is 22.8 Å². The van der Waals surface area contributed by atoms with Gasteiger partial charge in [-0.3, -0.25) is 0 Å². The van der Waals surface area contributed by atoms with Gasteiger partial charge in [0, 0.05) is 6.54 Å². The first-order valence-corrected chi connectivity index (χ1v) is 6.40. The second-order valence-corrected chi connectivity index (χ2v) is 4.52. The summed E-state index contributed by atoms with van der Waals surface area (Å²) in [5.74, 6) is -1.38. The Bertz CT molecular complexity index is 640. The molecule has 0 atom stereocenters. The SMILES string of the molecule is CCN(c1ccccc1F)c1ccc(C)cc1C(=O)O. The van der Waals surface area contributed by atoms with Crippen molar-refractivity contribution in [2.24, 2.45) is 0 Å². The molecule has 0 spiro atoms. The molecule has 0 aliphatic carbocycles. The van der Waals surface area contributed by atoms with Crippen molar-refractivity contribution in [1.29, 1.82) is 0 Å². The number of hydrogen-bond donors (Lipinski definition) is 1. The Morgan fingerprint density at radius 2 is 1.90 bits per heavy atom. The predicted molar refractivity (Wildman–Crippen MR) is 77.2 cm³/mol. The first-order valence-electron chi connectivity index (χ1n) is 6.40. The lowest BCUT2D eigenvalue weighted by atomic mass is 10.1. The Kier molecular flexibility index (Phi) is 4.03. The summed E-state index contributed by atoms with van der Waals surface area (Å²) in [7, 11) is 0. The zero-order valence-electron chi connectivity index (χ0n) is 11.4. The zero-order chi connectivity index (χ0) is 14.7. The van der Waals surface area contributed by atoms with Crippen LogP contribution in [-0.4, -0.2) is 17.6 Å². The summed E-state index contributed by atoms with van der Waals surface area (Å²) in [5, 5.41) is 9.33. The molecular weight excluding hydrogens is 257 g/mol. The molecule has 0 heterocycles. The predicted octanol–water partition coefficient (Wildman–Crippen LogP) is 3.99. The zero-order valence-corrected chi connectivity index (χ0v) is 11.4. The summed E-state index contributed by atoms with van der Waals surface area (Å²) in [6, 6.07) is 11.5. The average molecular weight is 273 g/mol. The van der Waals surface area contributed by atoms with Crippen LogP contribution in [0.4, 0.5) is 15.8 Å². The van der Waals surface area contributed by atoms with E-state index in [9.17, 15) is 14.3 Å². The molecule has 2 aromatic rings. The van der Waals surface area contributed by atoms with Crippen molar-refractivity contribution in [2.45, 2.75) is 13.8 Å². The Morgan fingerprint density at radius 1 is 1.20 bits per heavy atom. The van der Waals surface area contributed by atoms with Crippen molar-refractivity contribution in [3.8, 4) is 0 Å². The van der Waals surface area contributed by atoms with E-state index in [2.05, 4.69) is 0 Å². The molecule has 4 heteroatoms. The van der Waals surface area contributed by atoms with Gasteiger partial charge in [0.05, 0.1) is 16.9 Å². The Hall–Kier alpha value is -2.36. The van der Waals surface area contributed by atoms with Crippen molar-refractivity contribution >= 4 is 17.3 Å². The molecule has 104 valence electrons. The number of carboxylic acids is 1. The normalized spacial score (nSPS) is 10.3. The molecule has 1 N–H and O–H groups in total. The first-order chi connectivity index (χ1) is 9.54.